The predicted octanol–water partition coefficient (Wildman–Crippen LogP) is 13.9. The molecule has 56 heavy (non-hydrogen) atoms. The fraction of sp³-hybridized carbons (Fsp3) is 0.800. The van der Waals surface area contributed by atoms with Crippen molar-refractivity contribution in [3.63, 3.8) is 0 Å². The molecule has 5 atom stereocenters. The van der Waals surface area contributed by atoms with Gasteiger partial charge in [-0.3, -0.25) is 0 Å². The van der Waals surface area contributed by atoms with Crippen molar-refractivity contribution in [3.8, 4) is 5.75 Å². The van der Waals surface area contributed by atoms with Crippen molar-refractivity contribution >= 4 is 21.6 Å². The number of alkyl halides is 9. The topological polar surface area (TPSA) is 36.9 Å². The average molecular weight is 1090 g/mol. The molecule has 4 nitrogen and oxygen atoms in total. The molecule has 0 radical (unpaired) electrons. The summed E-state index contributed by atoms with van der Waals surface area (Å²) in [6.45, 7) is 13.6. The van der Waals surface area contributed by atoms with E-state index in [0.717, 1.165) is 44.5 Å². The summed E-state index contributed by atoms with van der Waals surface area (Å²) >= 11 is 0. The van der Waals surface area contributed by atoms with E-state index in [2.05, 4.69) is 51.5 Å². The number of halogens is 9. The first kappa shape index (κ1) is 60.3. The number of fused-ring (bicyclic) bond motifs is 5. The van der Waals surface area contributed by atoms with Crippen molar-refractivity contribution in [2.75, 3.05) is 39.3 Å². The molecule has 0 aromatic heterocycles. The smallest absolute Gasteiger partial charge is 0.525 e. The third kappa shape index (κ3) is 14.9. The molecule has 16 heteroatoms. The summed E-state index contributed by atoms with van der Waals surface area (Å²) in [5.41, 5.74) is -3.89. The van der Waals surface area contributed by atoms with Crippen LogP contribution in [0.5, 0.6) is 5.75 Å². The number of methoxy groups -OCH3 is 1. The minimum atomic E-state index is -6.73. The number of ether oxygens (including phenoxy) is 4. The quantitative estimate of drug-likeness (QED) is 0.0754. The average Bonchev–Trinajstić information content (AvgIpc) is 3.34. The van der Waals surface area contributed by atoms with Crippen molar-refractivity contribution < 1.29 is 89.6 Å². The van der Waals surface area contributed by atoms with Crippen LogP contribution in [-0.4, -0.2) is 74.3 Å². The van der Waals surface area contributed by atoms with Crippen LogP contribution in [0.2, 0.25) is 0 Å². The largest absolute Gasteiger partial charge is 2.00 e. The molecule has 4 rings (SSSR count). The second-order valence-corrected chi connectivity index (χ2v) is 17.5. The van der Waals surface area contributed by atoms with Gasteiger partial charge in [0.25, 0.3) is 0 Å². The molecular formula is C40H67F9O4S2U. The van der Waals surface area contributed by atoms with Gasteiger partial charge in [0.2, 0.25) is 0 Å². The number of hydrogen-bond donors (Lipinski definition) is 0. The SMILES string of the molecule is C.C.C.C.[CH2-]C(C)(C)SSCCCCOC.[CH2-]COc1ccc2c(c1)CCC1C2CCC2(C)C(OCCCOC(C(F)(F)F)(C(F)(F)F)C(F)(F)F)CCC12.[U+2]. The Labute approximate surface area is 363 Å². The first-order valence-electron chi connectivity index (χ1n) is 17.3. The molecule has 0 aliphatic heterocycles. The Morgan fingerprint density at radius 3 is 1.96 bits per heavy atom. The van der Waals surface area contributed by atoms with Crippen molar-refractivity contribution in [2.24, 2.45) is 17.3 Å². The van der Waals surface area contributed by atoms with E-state index >= 15 is 0 Å². The Morgan fingerprint density at radius 2 is 1.43 bits per heavy atom. The van der Waals surface area contributed by atoms with Gasteiger partial charge in [-0.05, 0) is 111 Å². The predicted molar refractivity (Wildman–Crippen MR) is 211 cm³/mol. The molecule has 0 amide bonds. The maximum absolute atomic E-state index is 13.0. The fourth-order valence-electron chi connectivity index (χ4n) is 7.84. The molecule has 1 aromatic carbocycles. The van der Waals surface area contributed by atoms with Gasteiger partial charge in [-0.15, -0.1) is 15.5 Å². The summed E-state index contributed by atoms with van der Waals surface area (Å²) in [5, 5.41) is 0. The van der Waals surface area contributed by atoms with Gasteiger partial charge in [-0.25, -0.2) is 0 Å². The van der Waals surface area contributed by atoms with E-state index in [-0.39, 0.29) is 83.7 Å². The van der Waals surface area contributed by atoms with Crippen LogP contribution in [0.1, 0.15) is 119 Å². The summed E-state index contributed by atoms with van der Waals surface area (Å²) in [4.78, 5) is 0. The van der Waals surface area contributed by atoms with E-state index in [1.165, 1.54) is 29.7 Å². The van der Waals surface area contributed by atoms with Gasteiger partial charge in [0.1, 0.15) is 5.75 Å². The van der Waals surface area contributed by atoms with Crippen LogP contribution >= 0.6 is 21.6 Å². The van der Waals surface area contributed by atoms with E-state index < -0.39 is 37.2 Å². The van der Waals surface area contributed by atoms with Crippen LogP contribution in [-0.2, 0) is 20.6 Å². The van der Waals surface area contributed by atoms with E-state index in [1.54, 1.807) is 7.11 Å². The molecule has 2 fully saturated rings. The van der Waals surface area contributed by atoms with Gasteiger partial charge in [0, 0.05) is 26.1 Å². The van der Waals surface area contributed by atoms with Gasteiger partial charge < -0.3 is 32.8 Å². The zero-order chi connectivity index (χ0) is 38.3. The summed E-state index contributed by atoms with van der Waals surface area (Å²) in [7, 11) is 5.52. The van der Waals surface area contributed by atoms with Gasteiger partial charge in [0.05, 0.1) is 12.7 Å². The molecule has 1 aromatic rings. The first-order chi connectivity index (χ1) is 23.6. The number of benzene rings is 1. The molecule has 3 aliphatic rings. The molecule has 0 saturated heterocycles. The Kier molecular flexibility index (Phi) is 27.0. The number of aryl methyl sites for hydroxylation is 1. The van der Waals surface area contributed by atoms with Crippen LogP contribution in [0.3, 0.4) is 0 Å². The van der Waals surface area contributed by atoms with Gasteiger partial charge >= 0.3 is 55.2 Å². The Morgan fingerprint density at radius 1 is 0.821 bits per heavy atom. The molecular weight excluding hydrogens is 1020 g/mol. The van der Waals surface area contributed by atoms with Crippen molar-refractivity contribution in [1.29, 1.82) is 0 Å². The van der Waals surface area contributed by atoms with Crippen molar-refractivity contribution in [1.82, 2.24) is 0 Å². The van der Waals surface area contributed by atoms with E-state index in [9.17, 15) is 39.5 Å². The van der Waals surface area contributed by atoms with Gasteiger partial charge in [-0.1, -0.05) is 67.3 Å². The number of hydrogen-bond acceptors (Lipinski definition) is 6. The summed E-state index contributed by atoms with van der Waals surface area (Å²) < 4.78 is 137. The molecule has 0 bridgehead atoms. The molecule has 0 N–H and O–H groups in total. The van der Waals surface area contributed by atoms with Crippen LogP contribution < -0.4 is 4.74 Å². The number of rotatable bonds is 15. The van der Waals surface area contributed by atoms with Crippen LogP contribution in [0, 0.1) is 62.2 Å². The molecule has 5 unspecified atom stereocenters. The van der Waals surface area contributed by atoms with Crippen molar-refractivity contribution in [2.45, 2.75) is 149 Å². The molecule has 3 aliphatic carbocycles. The Balaban J connectivity index is -0.00000144. The second kappa shape index (κ2) is 25.1. The molecule has 0 spiro atoms. The monoisotopic (exact) mass is 1080 g/mol. The summed E-state index contributed by atoms with van der Waals surface area (Å²) in [6.07, 6.45) is -13.4. The van der Waals surface area contributed by atoms with E-state index in [1.807, 2.05) is 27.7 Å². The summed E-state index contributed by atoms with van der Waals surface area (Å²) in [5.74, 6) is 3.12. The van der Waals surface area contributed by atoms with Gasteiger partial charge in [0.15, 0.2) is 0 Å². The van der Waals surface area contributed by atoms with Crippen molar-refractivity contribution in [3.05, 3.63) is 43.2 Å². The minimum absolute atomic E-state index is 0. The van der Waals surface area contributed by atoms with Gasteiger partial charge in [-0.2, -0.15) is 39.5 Å². The van der Waals surface area contributed by atoms with E-state index in [0.29, 0.717) is 30.8 Å². The van der Waals surface area contributed by atoms with Crippen LogP contribution in [0.15, 0.2) is 18.2 Å². The van der Waals surface area contributed by atoms with Crippen LogP contribution in [0.25, 0.3) is 0 Å². The first-order valence-corrected chi connectivity index (χ1v) is 19.6. The van der Waals surface area contributed by atoms with E-state index in [4.69, 9.17) is 14.2 Å². The Hall–Kier alpha value is 0.0219. The zero-order valence-electron chi connectivity index (χ0n) is 30.2. The number of unbranched alkanes of at least 4 members (excludes halogenated alkanes) is 1. The third-order valence-corrected chi connectivity index (χ3v) is 13.3. The minimum Gasteiger partial charge on any atom is -0.525 e. The second-order valence-electron chi connectivity index (χ2n) is 14.3. The Bertz CT molecular complexity index is 1190. The normalized spacial score (nSPS) is 23.1. The third-order valence-electron chi connectivity index (χ3n) is 10.1. The molecule has 2 saturated carbocycles. The fourth-order valence-corrected chi connectivity index (χ4v) is 10.1. The summed E-state index contributed by atoms with van der Waals surface area (Å²) in [6, 6.07) is 6.14. The maximum atomic E-state index is 13.0. The zero-order valence-corrected chi connectivity index (χ0v) is 36.0. The van der Waals surface area contributed by atoms with Crippen LogP contribution in [0.4, 0.5) is 39.5 Å². The standard InChI is InChI=1S/C27H32F9O3.C9H19OS2.4CH4.U/c1-3-37-17-6-8-18-16(15-17)5-7-20-19(18)11-12-23(2)21(20)9-10-22(23)38-13-4-14-39-24(25(28,29)30,26(31,32)33)27(34,35)36;1-9(2,3)12-11-8-6-5-7-10-4;;;;;/h6,8,15,19-22H,1,3-5,7,9-14H2,2H3;1,5-8H2,2-4H3;4*1H4;/q2*-1;;;;;+2. The molecule has 330 valence electrons. The maximum Gasteiger partial charge on any atom is 2.00 e. The molecule has 0 heterocycles.